The normalized spacial score (nSPS) is 16.9. The molecule has 17 heavy (non-hydrogen) atoms. The van der Waals surface area contributed by atoms with Crippen LogP contribution in [-0.4, -0.2) is 23.5 Å². The number of nitrogens with zero attached hydrogens (tertiary/aromatic N) is 1. The number of hydrogen-bond donors (Lipinski definition) is 3. The first-order chi connectivity index (χ1) is 8.10. The van der Waals surface area contributed by atoms with E-state index in [4.69, 9.17) is 10.9 Å². The molecule has 1 amide bonds. The number of carbonyl (C=O) groups is 1. The van der Waals surface area contributed by atoms with Gasteiger partial charge in [-0.2, -0.15) is 0 Å². The Morgan fingerprint density at radius 2 is 2.06 bits per heavy atom. The largest absolute Gasteiger partial charge is 0.409 e. The molecule has 0 bridgehead atoms. The fourth-order valence-corrected chi connectivity index (χ4v) is 2.11. The first-order valence-corrected chi connectivity index (χ1v) is 6.37. The molecule has 1 aliphatic rings. The number of amidine groups is 1. The maximum atomic E-state index is 12.1. The van der Waals surface area contributed by atoms with Crippen LogP contribution in [0.25, 0.3) is 0 Å². The molecule has 0 saturated heterocycles. The van der Waals surface area contributed by atoms with Gasteiger partial charge in [0.15, 0.2) is 5.84 Å². The second kappa shape index (κ2) is 5.89. The highest BCUT2D eigenvalue weighted by Crippen LogP contribution is 2.32. The summed E-state index contributed by atoms with van der Waals surface area (Å²) in [5.41, 5.74) is 4.79. The third-order valence-electron chi connectivity index (χ3n) is 3.77. The van der Waals surface area contributed by atoms with Crippen molar-refractivity contribution in [3.63, 3.8) is 0 Å². The van der Waals surface area contributed by atoms with E-state index in [0.717, 1.165) is 12.3 Å². The number of nitrogens with two attached hydrogens (primary N) is 1. The van der Waals surface area contributed by atoms with Crippen molar-refractivity contribution in [1.82, 2.24) is 5.32 Å². The molecular formula is C12H23N3O2. The molecule has 0 radical (unpaired) electrons. The van der Waals surface area contributed by atoms with Gasteiger partial charge >= 0.3 is 0 Å². The lowest BCUT2D eigenvalue weighted by Crippen LogP contribution is -2.49. The van der Waals surface area contributed by atoms with E-state index in [1.165, 1.54) is 12.8 Å². The highest BCUT2D eigenvalue weighted by Gasteiger charge is 2.39. The van der Waals surface area contributed by atoms with Crippen LogP contribution >= 0.6 is 0 Å². The molecule has 1 aliphatic carbocycles. The van der Waals surface area contributed by atoms with Crippen LogP contribution in [-0.2, 0) is 4.79 Å². The summed E-state index contributed by atoms with van der Waals surface area (Å²) in [6, 6.07) is 0. The Morgan fingerprint density at radius 1 is 1.47 bits per heavy atom. The van der Waals surface area contributed by atoms with Gasteiger partial charge in [-0.1, -0.05) is 31.8 Å². The van der Waals surface area contributed by atoms with Crippen LogP contribution in [0.1, 0.15) is 46.0 Å². The lowest BCUT2D eigenvalue weighted by atomic mass is 9.80. The van der Waals surface area contributed by atoms with Crippen molar-refractivity contribution in [3.8, 4) is 0 Å². The third-order valence-corrected chi connectivity index (χ3v) is 3.77. The van der Waals surface area contributed by atoms with E-state index in [1.807, 2.05) is 13.8 Å². The van der Waals surface area contributed by atoms with Crippen molar-refractivity contribution in [3.05, 3.63) is 0 Å². The van der Waals surface area contributed by atoms with Crippen LogP contribution in [0, 0.1) is 11.3 Å². The van der Waals surface area contributed by atoms with E-state index in [2.05, 4.69) is 10.5 Å². The van der Waals surface area contributed by atoms with Gasteiger partial charge in [0.05, 0.1) is 0 Å². The molecule has 0 aromatic rings. The molecule has 1 fully saturated rings. The molecule has 0 spiro atoms. The van der Waals surface area contributed by atoms with Gasteiger partial charge in [-0.15, -0.1) is 0 Å². The molecule has 0 unspecified atom stereocenters. The number of oxime groups is 1. The van der Waals surface area contributed by atoms with Crippen LogP contribution < -0.4 is 11.1 Å². The maximum Gasteiger partial charge on any atom is 0.233 e. The Bertz CT molecular complexity index is 294. The minimum absolute atomic E-state index is 0.00595. The quantitative estimate of drug-likeness (QED) is 0.273. The van der Waals surface area contributed by atoms with Crippen LogP contribution in [0.3, 0.4) is 0 Å². The number of hydrogen-bond acceptors (Lipinski definition) is 3. The highest BCUT2D eigenvalue weighted by atomic mass is 16.4. The zero-order valence-corrected chi connectivity index (χ0v) is 10.7. The SMILES string of the molecule is CCC(CC)(C(=O)NCCC1CC1)C(N)=NO. The topological polar surface area (TPSA) is 87.7 Å². The molecule has 0 aliphatic heterocycles. The smallest absolute Gasteiger partial charge is 0.233 e. The Morgan fingerprint density at radius 3 is 2.47 bits per heavy atom. The van der Waals surface area contributed by atoms with E-state index in [0.29, 0.717) is 19.4 Å². The molecular weight excluding hydrogens is 218 g/mol. The zero-order chi connectivity index (χ0) is 12.9. The summed E-state index contributed by atoms with van der Waals surface area (Å²) >= 11 is 0. The van der Waals surface area contributed by atoms with Gasteiger partial charge in [-0.3, -0.25) is 4.79 Å². The van der Waals surface area contributed by atoms with Crippen LogP contribution in [0.2, 0.25) is 0 Å². The summed E-state index contributed by atoms with van der Waals surface area (Å²) in [6.07, 6.45) is 4.67. The van der Waals surface area contributed by atoms with Crippen molar-refractivity contribution in [2.45, 2.75) is 46.0 Å². The second-order valence-electron chi connectivity index (χ2n) is 4.76. The van der Waals surface area contributed by atoms with Gasteiger partial charge in [0.25, 0.3) is 0 Å². The average molecular weight is 241 g/mol. The number of amides is 1. The Hall–Kier alpha value is -1.26. The van der Waals surface area contributed by atoms with Gasteiger partial charge in [0.1, 0.15) is 5.41 Å². The van der Waals surface area contributed by atoms with E-state index >= 15 is 0 Å². The van der Waals surface area contributed by atoms with Crippen molar-refractivity contribution in [2.75, 3.05) is 6.54 Å². The summed E-state index contributed by atoms with van der Waals surface area (Å²) in [5, 5.41) is 14.7. The summed E-state index contributed by atoms with van der Waals surface area (Å²) in [4.78, 5) is 12.1. The van der Waals surface area contributed by atoms with E-state index in [-0.39, 0.29) is 11.7 Å². The minimum Gasteiger partial charge on any atom is -0.409 e. The molecule has 5 nitrogen and oxygen atoms in total. The van der Waals surface area contributed by atoms with Gasteiger partial charge < -0.3 is 16.3 Å². The van der Waals surface area contributed by atoms with E-state index < -0.39 is 5.41 Å². The Balaban J connectivity index is 2.57. The Labute approximate surface area is 102 Å². The summed E-state index contributed by atoms with van der Waals surface area (Å²) < 4.78 is 0. The highest BCUT2D eigenvalue weighted by molar-refractivity contribution is 6.06. The zero-order valence-electron chi connectivity index (χ0n) is 10.7. The number of carbonyl (C=O) groups excluding carboxylic acids is 1. The van der Waals surface area contributed by atoms with Gasteiger partial charge in [0, 0.05) is 6.54 Å². The van der Waals surface area contributed by atoms with Crippen molar-refractivity contribution < 1.29 is 10.0 Å². The summed E-state index contributed by atoms with van der Waals surface area (Å²) in [5.74, 6) is 0.668. The lowest BCUT2D eigenvalue weighted by Gasteiger charge is -2.28. The molecule has 0 heterocycles. The van der Waals surface area contributed by atoms with Gasteiger partial charge in [-0.25, -0.2) is 0 Å². The fraction of sp³-hybridized carbons (Fsp3) is 0.833. The van der Waals surface area contributed by atoms with Crippen LogP contribution in [0.15, 0.2) is 5.16 Å². The van der Waals surface area contributed by atoms with Gasteiger partial charge in [0.2, 0.25) is 5.91 Å². The molecule has 0 aromatic heterocycles. The van der Waals surface area contributed by atoms with Crippen molar-refractivity contribution in [1.29, 1.82) is 0 Å². The number of rotatable bonds is 7. The Kier molecular flexibility index (Phi) is 4.78. The standard InChI is InChI=1S/C12H23N3O2/c1-3-12(4-2,10(13)15-17)11(16)14-8-7-9-5-6-9/h9,17H,3-8H2,1-2H3,(H2,13,15)(H,14,16). The molecule has 1 saturated carbocycles. The first kappa shape index (κ1) is 13.8. The van der Waals surface area contributed by atoms with Gasteiger partial charge in [-0.05, 0) is 25.2 Å². The maximum absolute atomic E-state index is 12.1. The predicted octanol–water partition coefficient (Wildman–Crippen LogP) is 1.46. The molecule has 0 atom stereocenters. The predicted molar refractivity (Wildman–Crippen MR) is 66.8 cm³/mol. The summed E-state index contributed by atoms with van der Waals surface area (Å²) in [6.45, 7) is 4.44. The fourth-order valence-electron chi connectivity index (χ4n) is 2.11. The summed E-state index contributed by atoms with van der Waals surface area (Å²) in [7, 11) is 0. The van der Waals surface area contributed by atoms with Crippen LogP contribution in [0.5, 0.6) is 0 Å². The molecule has 0 aromatic carbocycles. The van der Waals surface area contributed by atoms with Crippen molar-refractivity contribution in [2.24, 2.45) is 22.2 Å². The van der Waals surface area contributed by atoms with E-state index in [1.54, 1.807) is 0 Å². The van der Waals surface area contributed by atoms with Crippen LogP contribution in [0.4, 0.5) is 0 Å². The monoisotopic (exact) mass is 241 g/mol. The van der Waals surface area contributed by atoms with E-state index in [9.17, 15) is 4.79 Å². The molecule has 98 valence electrons. The molecule has 1 rings (SSSR count). The molecule has 4 N–H and O–H groups in total. The lowest BCUT2D eigenvalue weighted by molar-refractivity contribution is -0.128. The number of nitrogens with one attached hydrogen (secondary N) is 1. The average Bonchev–Trinajstić information content (AvgIpc) is 3.15. The first-order valence-electron chi connectivity index (χ1n) is 6.37. The van der Waals surface area contributed by atoms with Crippen molar-refractivity contribution >= 4 is 11.7 Å². The minimum atomic E-state index is -0.863. The second-order valence-corrected chi connectivity index (χ2v) is 4.76. The third kappa shape index (κ3) is 3.11. The molecule has 5 heteroatoms.